The summed E-state index contributed by atoms with van der Waals surface area (Å²) in [6.45, 7) is 0.925. The SMILES string of the molecule is COCCOc1cc(C(=O)OC)ccc1Br. The average Bonchev–Trinajstić information content (AvgIpc) is 2.31. The second-order valence-corrected chi connectivity index (χ2v) is 3.83. The van der Waals surface area contributed by atoms with Crippen molar-refractivity contribution in [1.82, 2.24) is 0 Å². The van der Waals surface area contributed by atoms with Gasteiger partial charge in [0.05, 0.1) is 23.8 Å². The second kappa shape index (κ2) is 6.50. The van der Waals surface area contributed by atoms with Gasteiger partial charge >= 0.3 is 5.97 Å². The number of esters is 1. The fraction of sp³-hybridized carbons (Fsp3) is 0.364. The van der Waals surface area contributed by atoms with E-state index in [0.717, 1.165) is 4.47 Å². The standard InChI is InChI=1S/C11H13BrO4/c1-14-5-6-16-10-7-8(11(13)15-2)3-4-9(10)12/h3-4,7H,5-6H2,1-2H3. The van der Waals surface area contributed by atoms with Gasteiger partial charge in [-0.3, -0.25) is 0 Å². The molecular formula is C11H13BrO4. The van der Waals surface area contributed by atoms with E-state index < -0.39 is 0 Å². The van der Waals surface area contributed by atoms with Gasteiger partial charge in [-0.1, -0.05) is 0 Å². The van der Waals surface area contributed by atoms with Gasteiger partial charge in [0.15, 0.2) is 0 Å². The first-order chi connectivity index (χ1) is 7.69. The van der Waals surface area contributed by atoms with E-state index in [1.165, 1.54) is 7.11 Å². The third-order valence-corrected chi connectivity index (χ3v) is 2.55. The lowest BCUT2D eigenvalue weighted by molar-refractivity contribution is 0.0600. The summed E-state index contributed by atoms with van der Waals surface area (Å²) in [4.78, 5) is 11.3. The molecule has 0 aliphatic rings. The van der Waals surface area contributed by atoms with E-state index in [-0.39, 0.29) is 5.97 Å². The number of carbonyl (C=O) groups excluding carboxylic acids is 1. The van der Waals surface area contributed by atoms with E-state index >= 15 is 0 Å². The predicted molar refractivity (Wildman–Crippen MR) is 62.9 cm³/mol. The molecule has 0 aliphatic heterocycles. The van der Waals surface area contributed by atoms with Gasteiger partial charge in [0.25, 0.3) is 0 Å². The van der Waals surface area contributed by atoms with Crippen molar-refractivity contribution in [3.05, 3.63) is 28.2 Å². The largest absolute Gasteiger partial charge is 0.490 e. The first kappa shape index (κ1) is 13.0. The van der Waals surface area contributed by atoms with E-state index in [1.807, 2.05) is 0 Å². The van der Waals surface area contributed by atoms with E-state index in [0.29, 0.717) is 24.5 Å². The molecule has 1 aromatic carbocycles. The molecule has 5 heteroatoms. The Balaban J connectivity index is 2.78. The number of halogens is 1. The maximum atomic E-state index is 11.3. The summed E-state index contributed by atoms with van der Waals surface area (Å²) in [5.74, 6) is 0.212. The van der Waals surface area contributed by atoms with Crippen molar-refractivity contribution in [1.29, 1.82) is 0 Å². The number of hydrogen-bond acceptors (Lipinski definition) is 4. The number of hydrogen-bond donors (Lipinski definition) is 0. The quantitative estimate of drug-likeness (QED) is 0.616. The fourth-order valence-electron chi connectivity index (χ4n) is 1.09. The molecule has 88 valence electrons. The summed E-state index contributed by atoms with van der Waals surface area (Å²) in [5, 5.41) is 0. The molecule has 0 amide bonds. The summed E-state index contributed by atoms with van der Waals surface area (Å²) < 4.78 is 15.7. The van der Waals surface area contributed by atoms with Gasteiger partial charge in [-0.15, -0.1) is 0 Å². The van der Waals surface area contributed by atoms with Crippen LogP contribution in [-0.2, 0) is 9.47 Å². The molecule has 0 radical (unpaired) electrons. The first-order valence-electron chi connectivity index (χ1n) is 4.68. The van der Waals surface area contributed by atoms with Crippen molar-refractivity contribution in [2.45, 2.75) is 0 Å². The van der Waals surface area contributed by atoms with Crippen molar-refractivity contribution < 1.29 is 19.0 Å². The van der Waals surface area contributed by atoms with Gasteiger partial charge in [-0.25, -0.2) is 4.79 Å². The molecule has 4 nitrogen and oxygen atoms in total. The fourth-order valence-corrected chi connectivity index (χ4v) is 1.45. The molecule has 0 N–H and O–H groups in total. The maximum absolute atomic E-state index is 11.3. The molecule has 1 aromatic rings. The molecule has 0 fully saturated rings. The number of rotatable bonds is 5. The maximum Gasteiger partial charge on any atom is 0.337 e. The minimum Gasteiger partial charge on any atom is -0.490 e. The molecule has 0 aliphatic carbocycles. The highest BCUT2D eigenvalue weighted by Gasteiger charge is 2.09. The first-order valence-corrected chi connectivity index (χ1v) is 5.48. The number of carbonyl (C=O) groups is 1. The molecule has 0 spiro atoms. The van der Waals surface area contributed by atoms with Crippen LogP contribution in [0.15, 0.2) is 22.7 Å². The Hall–Kier alpha value is -1.07. The van der Waals surface area contributed by atoms with Crippen LogP contribution in [0, 0.1) is 0 Å². The number of benzene rings is 1. The molecule has 0 heterocycles. The molecule has 0 saturated carbocycles. The zero-order valence-corrected chi connectivity index (χ0v) is 10.7. The van der Waals surface area contributed by atoms with Gasteiger partial charge in [0.1, 0.15) is 12.4 Å². The normalized spacial score (nSPS) is 9.94. The lowest BCUT2D eigenvalue weighted by Crippen LogP contribution is -2.06. The molecule has 16 heavy (non-hydrogen) atoms. The van der Waals surface area contributed by atoms with Gasteiger partial charge in [0, 0.05) is 7.11 Å². The summed E-state index contributed by atoms with van der Waals surface area (Å²) in [7, 11) is 2.94. The molecule has 0 aromatic heterocycles. The average molecular weight is 289 g/mol. The second-order valence-electron chi connectivity index (χ2n) is 2.98. The zero-order chi connectivity index (χ0) is 12.0. The van der Waals surface area contributed by atoms with E-state index in [4.69, 9.17) is 9.47 Å². The van der Waals surface area contributed by atoms with Crippen LogP contribution in [0.2, 0.25) is 0 Å². The zero-order valence-electron chi connectivity index (χ0n) is 9.16. The Morgan fingerprint density at radius 3 is 2.69 bits per heavy atom. The van der Waals surface area contributed by atoms with Crippen molar-refractivity contribution >= 4 is 21.9 Å². The summed E-state index contributed by atoms with van der Waals surface area (Å²) in [5.41, 5.74) is 0.457. The lowest BCUT2D eigenvalue weighted by Gasteiger charge is -2.08. The summed E-state index contributed by atoms with van der Waals surface area (Å²) in [6, 6.07) is 5.04. The van der Waals surface area contributed by atoms with Crippen molar-refractivity contribution in [2.75, 3.05) is 27.4 Å². The van der Waals surface area contributed by atoms with Crippen LogP contribution in [-0.4, -0.2) is 33.4 Å². The van der Waals surface area contributed by atoms with Crippen LogP contribution in [0.4, 0.5) is 0 Å². The number of methoxy groups -OCH3 is 2. The minimum atomic E-state index is -0.385. The van der Waals surface area contributed by atoms with Crippen LogP contribution in [0.3, 0.4) is 0 Å². The van der Waals surface area contributed by atoms with Gasteiger partial charge in [0.2, 0.25) is 0 Å². The van der Waals surface area contributed by atoms with Gasteiger partial charge in [-0.2, -0.15) is 0 Å². The highest BCUT2D eigenvalue weighted by atomic mass is 79.9. The Morgan fingerprint density at radius 1 is 1.31 bits per heavy atom. The van der Waals surface area contributed by atoms with Crippen LogP contribution in [0.1, 0.15) is 10.4 Å². The molecule has 0 atom stereocenters. The lowest BCUT2D eigenvalue weighted by atomic mass is 10.2. The molecule has 0 bridgehead atoms. The smallest absolute Gasteiger partial charge is 0.337 e. The molecule has 1 rings (SSSR count). The Bertz CT molecular complexity index is 365. The van der Waals surface area contributed by atoms with E-state index in [9.17, 15) is 4.79 Å². The number of ether oxygens (including phenoxy) is 3. The van der Waals surface area contributed by atoms with Crippen molar-refractivity contribution in [3.8, 4) is 5.75 Å². The highest BCUT2D eigenvalue weighted by molar-refractivity contribution is 9.10. The minimum absolute atomic E-state index is 0.385. The molecular weight excluding hydrogens is 276 g/mol. The van der Waals surface area contributed by atoms with Crippen molar-refractivity contribution in [2.24, 2.45) is 0 Å². The van der Waals surface area contributed by atoms with Gasteiger partial charge < -0.3 is 14.2 Å². The topological polar surface area (TPSA) is 44.8 Å². The Labute approximate surface area is 103 Å². The third kappa shape index (κ3) is 3.50. The Morgan fingerprint density at radius 2 is 2.06 bits per heavy atom. The monoisotopic (exact) mass is 288 g/mol. The van der Waals surface area contributed by atoms with Crippen LogP contribution in [0.5, 0.6) is 5.75 Å². The predicted octanol–water partition coefficient (Wildman–Crippen LogP) is 2.26. The van der Waals surface area contributed by atoms with Crippen LogP contribution >= 0.6 is 15.9 Å². The van der Waals surface area contributed by atoms with Crippen LogP contribution < -0.4 is 4.74 Å². The van der Waals surface area contributed by atoms with E-state index in [1.54, 1.807) is 25.3 Å². The molecule has 0 unspecified atom stereocenters. The molecule has 0 saturated heterocycles. The van der Waals surface area contributed by atoms with Gasteiger partial charge in [-0.05, 0) is 34.1 Å². The summed E-state index contributed by atoms with van der Waals surface area (Å²) in [6.07, 6.45) is 0. The van der Waals surface area contributed by atoms with Crippen LogP contribution in [0.25, 0.3) is 0 Å². The Kier molecular flexibility index (Phi) is 5.28. The summed E-state index contributed by atoms with van der Waals surface area (Å²) >= 11 is 3.34. The van der Waals surface area contributed by atoms with E-state index in [2.05, 4.69) is 20.7 Å². The van der Waals surface area contributed by atoms with Crippen molar-refractivity contribution in [3.63, 3.8) is 0 Å². The third-order valence-electron chi connectivity index (χ3n) is 1.90. The highest BCUT2D eigenvalue weighted by Crippen LogP contribution is 2.26.